The van der Waals surface area contributed by atoms with E-state index >= 15 is 0 Å². The first-order valence-electron chi connectivity index (χ1n) is 6.31. The van der Waals surface area contributed by atoms with E-state index in [1.807, 2.05) is 37.3 Å². The van der Waals surface area contributed by atoms with Crippen LogP contribution in [0.2, 0.25) is 0 Å². The van der Waals surface area contributed by atoms with Crippen LogP contribution in [0.15, 0.2) is 47.3 Å². The molecule has 1 atom stereocenters. The predicted octanol–water partition coefficient (Wildman–Crippen LogP) is 2.99. The highest BCUT2D eigenvalue weighted by atomic mass is 16.5. The van der Waals surface area contributed by atoms with E-state index in [0.717, 1.165) is 11.3 Å². The van der Waals surface area contributed by atoms with Gasteiger partial charge in [0, 0.05) is 12.8 Å². The van der Waals surface area contributed by atoms with Gasteiger partial charge in [-0.3, -0.25) is 4.79 Å². The van der Waals surface area contributed by atoms with E-state index in [1.165, 1.54) is 6.39 Å². The van der Waals surface area contributed by atoms with Gasteiger partial charge in [-0.25, -0.2) is 4.98 Å². The summed E-state index contributed by atoms with van der Waals surface area (Å²) in [6, 6.07) is 9.66. The molecular formula is C15H17NO3. The average molecular weight is 259 g/mol. The molecule has 2 aromatic rings. The van der Waals surface area contributed by atoms with E-state index in [2.05, 4.69) is 4.98 Å². The van der Waals surface area contributed by atoms with Crippen LogP contribution >= 0.6 is 0 Å². The lowest BCUT2D eigenvalue weighted by Crippen LogP contribution is -2.11. The third kappa shape index (κ3) is 4.58. The van der Waals surface area contributed by atoms with Gasteiger partial charge in [-0.05, 0) is 11.5 Å². The van der Waals surface area contributed by atoms with Gasteiger partial charge < -0.3 is 9.15 Å². The fourth-order valence-electron chi connectivity index (χ4n) is 1.84. The molecule has 0 fully saturated rings. The molecule has 4 nitrogen and oxygen atoms in total. The summed E-state index contributed by atoms with van der Waals surface area (Å²) in [6.45, 7) is 2.32. The van der Waals surface area contributed by atoms with Crippen molar-refractivity contribution < 1.29 is 13.9 Å². The second-order valence-corrected chi connectivity index (χ2v) is 4.63. The van der Waals surface area contributed by atoms with Gasteiger partial charge >= 0.3 is 5.97 Å². The first kappa shape index (κ1) is 13.3. The van der Waals surface area contributed by atoms with Crippen molar-refractivity contribution in [2.45, 2.75) is 26.4 Å². The van der Waals surface area contributed by atoms with Crippen LogP contribution in [-0.2, 0) is 22.6 Å². The van der Waals surface area contributed by atoms with Gasteiger partial charge in [0.15, 0.2) is 6.39 Å². The van der Waals surface area contributed by atoms with Crippen LogP contribution in [0.1, 0.15) is 24.7 Å². The molecule has 1 aromatic carbocycles. The number of oxazole rings is 1. The zero-order valence-corrected chi connectivity index (χ0v) is 10.9. The Morgan fingerprint density at radius 3 is 2.84 bits per heavy atom. The third-order valence-corrected chi connectivity index (χ3v) is 2.79. The fraction of sp³-hybridized carbons (Fsp3) is 0.333. The van der Waals surface area contributed by atoms with Crippen LogP contribution in [0, 0.1) is 5.92 Å². The minimum absolute atomic E-state index is 0.177. The van der Waals surface area contributed by atoms with Crippen molar-refractivity contribution >= 4 is 5.97 Å². The van der Waals surface area contributed by atoms with Gasteiger partial charge in [0.2, 0.25) is 0 Å². The molecule has 1 unspecified atom stereocenters. The zero-order valence-electron chi connectivity index (χ0n) is 10.9. The highest BCUT2D eigenvalue weighted by Crippen LogP contribution is 2.12. The van der Waals surface area contributed by atoms with Gasteiger partial charge in [-0.1, -0.05) is 37.3 Å². The summed E-state index contributed by atoms with van der Waals surface area (Å²) in [5.74, 6) is 0.787. The molecule has 0 bridgehead atoms. The van der Waals surface area contributed by atoms with Gasteiger partial charge in [0.05, 0.1) is 6.20 Å². The number of hydrogen-bond acceptors (Lipinski definition) is 4. The van der Waals surface area contributed by atoms with Crippen LogP contribution in [0.5, 0.6) is 0 Å². The summed E-state index contributed by atoms with van der Waals surface area (Å²) in [6.07, 6.45) is 4.15. The number of aromatic nitrogens is 1. The molecule has 100 valence electrons. The summed E-state index contributed by atoms with van der Waals surface area (Å²) >= 11 is 0. The van der Waals surface area contributed by atoms with E-state index in [-0.39, 0.29) is 11.9 Å². The lowest BCUT2D eigenvalue weighted by atomic mass is 10.0. The minimum Gasteiger partial charge on any atom is -0.461 e. The number of nitrogens with zero attached hydrogens (tertiary/aromatic N) is 1. The number of benzene rings is 1. The standard InChI is InChI=1S/C15H17NO3/c1-12(7-14-9-16-11-19-14)8-15(17)18-10-13-5-3-2-4-6-13/h2-6,9,11-12H,7-8,10H2,1H3. The second kappa shape index (κ2) is 6.73. The molecule has 0 N–H and O–H groups in total. The van der Waals surface area contributed by atoms with Crippen LogP contribution in [0.25, 0.3) is 0 Å². The molecule has 0 spiro atoms. The van der Waals surface area contributed by atoms with Crippen molar-refractivity contribution in [3.63, 3.8) is 0 Å². The highest BCUT2D eigenvalue weighted by Gasteiger charge is 2.12. The first-order chi connectivity index (χ1) is 9.24. The Bertz CT molecular complexity index is 493. The normalized spacial score (nSPS) is 12.1. The number of esters is 1. The van der Waals surface area contributed by atoms with Crippen LogP contribution < -0.4 is 0 Å². The molecular weight excluding hydrogens is 242 g/mol. The molecule has 0 amide bonds. The first-order valence-corrected chi connectivity index (χ1v) is 6.31. The Kier molecular flexibility index (Phi) is 4.72. The summed E-state index contributed by atoms with van der Waals surface area (Å²) in [5.41, 5.74) is 0.999. The zero-order chi connectivity index (χ0) is 13.5. The number of carbonyl (C=O) groups excluding carboxylic acids is 1. The molecule has 0 saturated heterocycles. The minimum atomic E-state index is -0.184. The Hall–Kier alpha value is -2.10. The molecule has 4 heteroatoms. The highest BCUT2D eigenvalue weighted by molar-refractivity contribution is 5.69. The lowest BCUT2D eigenvalue weighted by Gasteiger charge is -2.09. The van der Waals surface area contributed by atoms with E-state index < -0.39 is 0 Å². The summed E-state index contributed by atoms with van der Waals surface area (Å²) < 4.78 is 10.4. The Balaban J connectivity index is 1.72. The Morgan fingerprint density at radius 1 is 1.37 bits per heavy atom. The van der Waals surface area contributed by atoms with E-state index in [4.69, 9.17) is 9.15 Å². The van der Waals surface area contributed by atoms with E-state index in [0.29, 0.717) is 19.4 Å². The molecule has 0 aliphatic rings. The van der Waals surface area contributed by atoms with Crippen LogP contribution in [-0.4, -0.2) is 11.0 Å². The lowest BCUT2D eigenvalue weighted by molar-refractivity contribution is -0.145. The second-order valence-electron chi connectivity index (χ2n) is 4.63. The quantitative estimate of drug-likeness (QED) is 0.748. The maximum atomic E-state index is 11.7. The van der Waals surface area contributed by atoms with Crippen LogP contribution in [0.3, 0.4) is 0 Å². The number of hydrogen-bond donors (Lipinski definition) is 0. The fourth-order valence-corrected chi connectivity index (χ4v) is 1.84. The third-order valence-electron chi connectivity index (χ3n) is 2.79. The topological polar surface area (TPSA) is 52.3 Å². The maximum absolute atomic E-state index is 11.7. The maximum Gasteiger partial charge on any atom is 0.306 e. The van der Waals surface area contributed by atoms with Crippen molar-refractivity contribution in [3.8, 4) is 0 Å². The molecule has 1 heterocycles. The SMILES string of the molecule is CC(CC(=O)OCc1ccccc1)Cc1cnco1. The van der Waals surface area contributed by atoms with Gasteiger partial charge in [0.1, 0.15) is 12.4 Å². The molecule has 1 aromatic heterocycles. The van der Waals surface area contributed by atoms with Crippen molar-refractivity contribution in [3.05, 3.63) is 54.2 Å². The average Bonchev–Trinajstić information content (AvgIpc) is 2.90. The van der Waals surface area contributed by atoms with Crippen molar-refractivity contribution in [2.24, 2.45) is 5.92 Å². The van der Waals surface area contributed by atoms with E-state index in [9.17, 15) is 4.79 Å². The molecule has 0 radical (unpaired) electrons. The van der Waals surface area contributed by atoms with Gasteiger partial charge in [-0.2, -0.15) is 0 Å². The molecule has 19 heavy (non-hydrogen) atoms. The summed E-state index contributed by atoms with van der Waals surface area (Å²) in [4.78, 5) is 15.5. The Morgan fingerprint density at radius 2 is 2.16 bits per heavy atom. The number of carbonyl (C=O) groups is 1. The number of ether oxygens (including phenoxy) is 1. The van der Waals surface area contributed by atoms with Crippen LogP contribution in [0.4, 0.5) is 0 Å². The molecule has 2 rings (SSSR count). The van der Waals surface area contributed by atoms with Gasteiger partial charge in [-0.15, -0.1) is 0 Å². The van der Waals surface area contributed by atoms with E-state index in [1.54, 1.807) is 6.20 Å². The number of rotatable bonds is 6. The molecule has 0 aliphatic heterocycles. The van der Waals surface area contributed by atoms with Crippen molar-refractivity contribution in [1.29, 1.82) is 0 Å². The monoisotopic (exact) mass is 259 g/mol. The van der Waals surface area contributed by atoms with Crippen molar-refractivity contribution in [1.82, 2.24) is 4.98 Å². The largest absolute Gasteiger partial charge is 0.461 e. The van der Waals surface area contributed by atoms with Gasteiger partial charge in [0.25, 0.3) is 0 Å². The molecule has 0 saturated carbocycles. The summed E-state index contributed by atoms with van der Waals surface area (Å²) in [5, 5.41) is 0. The van der Waals surface area contributed by atoms with Crippen molar-refractivity contribution in [2.75, 3.05) is 0 Å². The molecule has 0 aliphatic carbocycles. The Labute approximate surface area is 112 Å². The summed E-state index contributed by atoms with van der Waals surface area (Å²) in [7, 11) is 0. The smallest absolute Gasteiger partial charge is 0.306 e. The predicted molar refractivity (Wildman–Crippen MR) is 70.2 cm³/mol.